The number of carbonyl (C=O) groups is 1. The predicted octanol–water partition coefficient (Wildman–Crippen LogP) is 1.53. The molecular weight excluding hydrogens is 232 g/mol. The van der Waals surface area contributed by atoms with Gasteiger partial charge in [-0.1, -0.05) is 19.8 Å². The van der Waals surface area contributed by atoms with Crippen molar-refractivity contribution in [2.45, 2.75) is 32.2 Å². The Bertz CT molecular complexity index is 507. The first-order valence-electron chi connectivity index (χ1n) is 5.64. The second kappa shape index (κ2) is 6.41. The summed E-state index contributed by atoms with van der Waals surface area (Å²) >= 11 is 0. The fourth-order valence-corrected chi connectivity index (χ4v) is 1.69. The molecule has 1 aromatic heterocycles. The van der Waals surface area contributed by atoms with Gasteiger partial charge in [0.25, 0.3) is 0 Å². The standard InChI is InChI=1S/C12H14N4O2/c1-3-4-5-10(12(17)18-2)16-8-15-9(6-13)11(16)7-14/h8,10H,3-5H2,1-2H3. The maximum atomic E-state index is 11.7. The van der Waals surface area contributed by atoms with E-state index in [4.69, 9.17) is 15.3 Å². The molecule has 0 spiro atoms. The van der Waals surface area contributed by atoms with Crippen LogP contribution >= 0.6 is 0 Å². The molecule has 0 bridgehead atoms. The zero-order valence-corrected chi connectivity index (χ0v) is 10.4. The normalized spacial score (nSPS) is 11.3. The van der Waals surface area contributed by atoms with E-state index in [1.807, 2.05) is 19.1 Å². The second-order valence-electron chi connectivity index (χ2n) is 3.75. The maximum Gasteiger partial charge on any atom is 0.328 e. The molecule has 0 radical (unpaired) electrons. The van der Waals surface area contributed by atoms with E-state index in [9.17, 15) is 4.79 Å². The third-order valence-corrected chi connectivity index (χ3v) is 2.65. The van der Waals surface area contributed by atoms with Crippen molar-refractivity contribution in [2.24, 2.45) is 0 Å². The minimum atomic E-state index is -0.598. The van der Waals surface area contributed by atoms with Gasteiger partial charge in [0.05, 0.1) is 13.4 Å². The fourth-order valence-electron chi connectivity index (χ4n) is 1.69. The van der Waals surface area contributed by atoms with Crippen LogP contribution in [-0.4, -0.2) is 22.6 Å². The monoisotopic (exact) mass is 246 g/mol. The summed E-state index contributed by atoms with van der Waals surface area (Å²) in [5.74, 6) is -0.429. The molecule has 6 nitrogen and oxygen atoms in total. The van der Waals surface area contributed by atoms with Gasteiger partial charge in [-0.25, -0.2) is 9.78 Å². The molecule has 1 heterocycles. The third kappa shape index (κ3) is 2.67. The Morgan fingerprint density at radius 1 is 1.56 bits per heavy atom. The van der Waals surface area contributed by atoms with Gasteiger partial charge in [-0.3, -0.25) is 0 Å². The zero-order chi connectivity index (χ0) is 13.5. The summed E-state index contributed by atoms with van der Waals surface area (Å²) in [4.78, 5) is 15.5. The first-order valence-corrected chi connectivity index (χ1v) is 5.64. The average molecular weight is 246 g/mol. The molecular formula is C12H14N4O2. The van der Waals surface area contributed by atoms with Crippen molar-refractivity contribution in [3.63, 3.8) is 0 Å². The molecule has 0 aromatic carbocycles. The topological polar surface area (TPSA) is 91.7 Å². The molecule has 0 N–H and O–H groups in total. The van der Waals surface area contributed by atoms with Crippen molar-refractivity contribution in [3.8, 4) is 12.1 Å². The number of hydrogen-bond acceptors (Lipinski definition) is 5. The number of unbranched alkanes of at least 4 members (excludes halogenated alkanes) is 1. The summed E-state index contributed by atoms with van der Waals surface area (Å²) in [6.45, 7) is 2.01. The molecule has 0 aliphatic rings. The molecule has 94 valence electrons. The van der Waals surface area contributed by atoms with E-state index in [1.165, 1.54) is 18.0 Å². The number of methoxy groups -OCH3 is 1. The molecule has 1 atom stereocenters. The summed E-state index contributed by atoms with van der Waals surface area (Å²) in [5.41, 5.74) is 0.131. The van der Waals surface area contributed by atoms with Crippen molar-refractivity contribution in [2.75, 3.05) is 7.11 Å². The molecule has 6 heteroatoms. The smallest absolute Gasteiger partial charge is 0.328 e. The first-order chi connectivity index (χ1) is 8.69. The van der Waals surface area contributed by atoms with Gasteiger partial charge in [0, 0.05) is 0 Å². The number of rotatable bonds is 5. The first kappa shape index (κ1) is 13.7. The predicted molar refractivity (Wildman–Crippen MR) is 62.2 cm³/mol. The Labute approximate surface area is 105 Å². The molecule has 0 saturated heterocycles. The number of imidazole rings is 1. The second-order valence-corrected chi connectivity index (χ2v) is 3.75. The van der Waals surface area contributed by atoms with E-state index in [0.29, 0.717) is 6.42 Å². The molecule has 0 fully saturated rings. The molecule has 1 rings (SSSR count). The van der Waals surface area contributed by atoms with Crippen molar-refractivity contribution in [3.05, 3.63) is 17.7 Å². The summed E-state index contributed by atoms with van der Waals surface area (Å²) in [6.07, 6.45) is 3.65. The quantitative estimate of drug-likeness (QED) is 0.734. The van der Waals surface area contributed by atoms with E-state index >= 15 is 0 Å². The van der Waals surface area contributed by atoms with Crippen LogP contribution in [-0.2, 0) is 9.53 Å². The van der Waals surface area contributed by atoms with Crippen LogP contribution in [0.5, 0.6) is 0 Å². The van der Waals surface area contributed by atoms with Crippen LogP contribution in [0.2, 0.25) is 0 Å². The molecule has 1 unspecified atom stereocenters. The summed E-state index contributed by atoms with van der Waals surface area (Å²) < 4.78 is 6.14. The molecule has 0 aliphatic carbocycles. The average Bonchev–Trinajstić information content (AvgIpc) is 2.81. The van der Waals surface area contributed by atoms with Gasteiger partial charge in [-0.2, -0.15) is 10.5 Å². The van der Waals surface area contributed by atoms with Gasteiger partial charge >= 0.3 is 5.97 Å². The fraction of sp³-hybridized carbons (Fsp3) is 0.500. The minimum absolute atomic E-state index is 0.0305. The van der Waals surface area contributed by atoms with Crippen LogP contribution in [0.15, 0.2) is 6.33 Å². The zero-order valence-electron chi connectivity index (χ0n) is 10.4. The Balaban J connectivity index is 3.14. The molecule has 0 saturated carbocycles. The van der Waals surface area contributed by atoms with Crippen LogP contribution in [0.25, 0.3) is 0 Å². The largest absolute Gasteiger partial charge is 0.467 e. The maximum absolute atomic E-state index is 11.7. The van der Waals surface area contributed by atoms with Crippen LogP contribution in [0.4, 0.5) is 0 Å². The van der Waals surface area contributed by atoms with Crippen molar-refractivity contribution < 1.29 is 9.53 Å². The summed E-state index contributed by atoms with van der Waals surface area (Å²) in [6, 6.07) is 3.13. The van der Waals surface area contributed by atoms with Gasteiger partial charge in [0.1, 0.15) is 18.2 Å². The van der Waals surface area contributed by atoms with Crippen LogP contribution < -0.4 is 0 Å². The van der Waals surface area contributed by atoms with Gasteiger partial charge in [-0.05, 0) is 6.42 Å². The highest BCUT2D eigenvalue weighted by atomic mass is 16.5. The highest BCUT2D eigenvalue weighted by Gasteiger charge is 2.24. The number of ether oxygens (including phenoxy) is 1. The molecule has 0 aliphatic heterocycles. The number of hydrogen-bond donors (Lipinski definition) is 0. The number of nitrogens with zero attached hydrogens (tertiary/aromatic N) is 4. The van der Waals surface area contributed by atoms with Gasteiger partial charge in [0.15, 0.2) is 11.4 Å². The van der Waals surface area contributed by atoms with Crippen molar-refractivity contribution in [1.29, 1.82) is 10.5 Å². The van der Waals surface area contributed by atoms with E-state index < -0.39 is 12.0 Å². The van der Waals surface area contributed by atoms with Crippen LogP contribution in [0.3, 0.4) is 0 Å². The SMILES string of the molecule is CCCCC(C(=O)OC)n1cnc(C#N)c1C#N. The van der Waals surface area contributed by atoms with E-state index in [0.717, 1.165) is 12.8 Å². The number of esters is 1. The summed E-state index contributed by atoms with van der Waals surface area (Å²) in [5, 5.41) is 17.9. The lowest BCUT2D eigenvalue weighted by atomic mass is 10.1. The third-order valence-electron chi connectivity index (χ3n) is 2.65. The Hall–Kier alpha value is -2.34. The van der Waals surface area contributed by atoms with Crippen LogP contribution in [0, 0.1) is 22.7 Å². The number of aromatic nitrogens is 2. The van der Waals surface area contributed by atoms with E-state index in [-0.39, 0.29) is 11.4 Å². The molecule has 0 amide bonds. The van der Waals surface area contributed by atoms with Crippen molar-refractivity contribution in [1.82, 2.24) is 9.55 Å². The van der Waals surface area contributed by atoms with E-state index in [2.05, 4.69) is 4.98 Å². The minimum Gasteiger partial charge on any atom is -0.467 e. The Kier molecular flexibility index (Phi) is 4.89. The van der Waals surface area contributed by atoms with Gasteiger partial charge in [0.2, 0.25) is 0 Å². The van der Waals surface area contributed by atoms with Crippen molar-refractivity contribution >= 4 is 5.97 Å². The number of carbonyl (C=O) groups excluding carboxylic acids is 1. The van der Waals surface area contributed by atoms with Gasteiger partial charge in [-0.15, -0.1) is 0 Å². The highest BCUT2D eigenvalue weighted by Crippen LogP contribution is 2.20. The molecule has 18 heavy (non-hydrogen) atoms. The highest BCUT2D eigenvalue weighted by molar-refractivity contribution is 5.74. The Morgan fingerprint density at radius 3 is 2.78 bits per heavy atom. The molecule has 1 aromatic rings. The van der Waals surface area contributed by atoms with Gasteiger partial charge < -0.3 is 9.30 Å². The lowest BCUT2D eigenvalue weighted by molar-refractivity contribution is -0.144. The lowest BCUT2D eigenvalue weighted by Gasteiger charge is -2.16. The lowest BCUT2D eigenvalue weighted by Crippen LogP contribution is -2.21. The Morgan fingerprint density at radius 2 is 2.28 bits per heavy atom. The number of nitriles is 2. The van der Waals surface area contributed by atoms with E-state index in [1.54, 1.807) is 0 Å². The summed E-state index contributed by atoms with van der Waals surface area (Å²) in [7, 11) is 1.30. The van der Waals surface area contributed by atoms with Crippen LogP contribution in [0.1, 0.15) is 43.6 Å².